The first-order chi connectivity index (χ1) is 6.22. The van der Waals surface area contributed by atoms with Crippen LogP contribution in [0.3, 0.4) is 0 Å². The van der Waals surface area contributed by atoms with Gasteiger partial charge < -0.3 is 11.1 Å². The molecule has 0 aliphatic carbocycles. The van der Waals surface area contributed by atoms with E-state index in [2.05, 4.69) is 11.6 Å². The second kappa shape index (κ2) is 8.38. The average molecular weight is 204 g/mol. The number of nitrogens with two attached hydrogens (primary N) is 1. The standard InChI is InChI=1S/C9H20N2OS/c1-8(7-10)9(12)11-5-3-4-6-13-2/h8H,3-7,10H2,1-2H3,(H,11,12). The summed E-state index contributed by atoms with van der Waals surface area (Å²) < 4.78 is 0. The zero-order valence-corrected chi connectivity index (χ0v) is 9.32. The van der Waals surface area contributed by atoms with Crippen LogP contribution < -0.4 is 11.1 Å². The summed E-state index contributed by atoms with van der Waals surface area (Å²) >= 11 is 1.84. The molecule has 3 nitrogen and oxygen atoms in total. The van der Waals surface area contributed by atoms with Gasteiger partial charge in [0, 0.05) is 19.0 Å². The maximum atomic E-state index is 11.2. The molecule has 3 N–H and O–H groups in total. The van der Waals surface area contributed by atoms with Crippen molar-refractivity contribution in [3.8, 4) is 0 Å². The predicted octanol–water partition coefficient (Wildman–Crippen LogP) is 0.841. The summed E-state index contributed by atoms with van der Waals surface area (Å²) in [5.74, 6) is 1.19. The number of thioether (sulfide) groups is 1. The van der Waals surface area contributed by atoms with Gasteiger partial charge in [0.25, 0.3) is 0 Å². The van der Waals surface area contributed by atoms with E-state index >= 15 is 0 Å². The Morgan fingerprint density at radius 3 is 2.77 bits per heavy atom. The summed E-state index contributed by atoms with van der Waals surface area (Å²) in [4.78, 5) is 11.2. The molecule has 78 valence electrons. The minimum atomic E-state index is -0.0550. The number of carbonyl (C=O) groups excluding carboxylic acids is 1. The number of amides is 1. The van der Waals surface area contributed by atoms with Crippen LogP contribution in [0.2, 0.25) is 0 Å². The Labute approximate surface area is 84.8 Å². The highest BCUT2D eigenvalue weighted by Gasteiger charge is 2.08. The van der Waals surface area contributed by atoms with Crippen molar-refractivity contribution in [3.05, 3.63) is 0 Å². The maximum absolute atomic E-state index is 11.2. The highest BCUT2D eigenvalue weighted by molar-refractivity contribution is 7.98. The third kappa shape index (κ3) is 6.90. The summed E-state index contributed by atoms with van der Waals surface area (Å²) in [5, 5.41) is 2.86. The van der Waals surface area contributed by atoms with Gasteiger partial charge in [0.2, 0.25) is 5.91 Å². The largest absolute Gasteiger partial charge is 0.356 e. The summed E-state index contributed by atoms with van der Waals surface area (Å²) in [6.07, 6.45) is 4.32. The van der Waals surface area contributed by atoms with Gasteiger partial charge >= 0.3 is 0 Å². The SMILES string of the molecule is CSCCCCNC(=O)C(C)CN. The first kappa shape index (κ1) is 12.8. The number of unbranched alkanes of at least 4 members (excludes halogenated alkanes) is 1. The number of carbonyl (C=O) groups is 1. The lowest BCUT2D eigenvalue weighted by Crippen LogP contribution is -2.33. The normalized spacial score (nSPS) is 12.5. The molecule has 0 bridgehead atoms. The number of rotatable bonds is 7. The van der Waals surface area contributed by atoms with Crippen LogP contribution in [0.25, 0.3) is 0 Å². The molecule has 0 spiro atoms. The average Bonchev–Trinajstić information content (AvgIpc) is 2.16. The molecule has 0 saturated carbocycles. The highest BCUT2D eigenvalue weighted by Crippen LogP contribution is 1.98. The van der Waals surface area contributed by atoms with Crippen molar-refractivity contribution in [2.24, 2.45) is 11.7 Å². The van der Waals surface area contributed by atoms with Gasteiger partial charge in [-0.2, -0.15) is 11.8 Å². The van der Waals surface area contributed by atoms with Gasteiger partial charge in [-0.3, -0.25) is 4.79 Å². The van der Waals surface area contributed by atoms with Crippen molar-refractivity contribution in [1.29, 1.82) is 0 Å². The van der Waals surface area contributed by atoms with E-state index in [-0.39, 0.29) is 11.8 Å². The number of hydrogen-bond donors (Lipinski definition) is 2. The Hall–Kier alpha value is -0.220. The Morgan fingerprint density at radius 2 is 2.23 bits per heavy atom. The van der Waals surface area contributed by atoms with Crippen molar-refractivity contribution in [2.75, 3.05) is 25.1 Å². The van der Waals surface area contributed by atoms with E-state index in [1.165, 1.54) is 12.2 Å². The second-order valence-electron chi connectivity index (χ2n) is 3.13. The zero-order chi connectivity index (χ0) is 10.1. The lowest BCUT2D eigenvalue weighted by atomic mass is 10.1. The summed E-state index contributed by atoms with van der Waals surface area (Å²) in [6, 6.07) is 0. The Morgan fingerprint density at radius 1 is 1.54 bits per heavy atom. The van der Waals surface area contributed by atoms with Crippen molar-refractivity contribution < 1.29 is 4.79 Å². The van der Waals surface area contributed by atoms with Crippen LogP contribution in [0.15, 0.2) is 0 Å². The molecule has 4 heteroatoms. The zero-order valence-electron chi connectivity index (χ0n) is 8.51. The number of nitrogens with one attached hydrogen (secondary N) is 1. The monoisotopic (exact) mass is 204 g/mol. The van der Waals surface area contributed by atoms with Gasteiger partial charge in [0.15, 0.2) is 0 Å². The van der Waals surface area contributed by atoms with Crippen LogP contribution >= 0.6 is 11.8 Å². The van der Waals surface area contributed by atoms with Crippen LogP contribution in [0.5, 0.6) is 0 Å². The molecular weight excluding hydrogens is 184 g/mol. The van der Waals surface area contributed by atoms with E-state index in [1.807, 2.05) is 18.7 Å². The van der Waals surface area contributed by atoms with Gasteiger partial charge in [-0.15, -0.1) is 0 Å². The first-order valence-electron chi connectivity index (χ1n) is 4.69. The summed E-state index contributed by atoms with van der Waals surface area (Å²) in [7, 11) is 0. The van der Waals surface area contributed by atoms with E-state index in [9.17, 15) is 4.79 Å². The van der Waals surface area contributed by atoms with E-state index in [0.717, 1.165) is 13.0 Å². The molecule has 0 fully saturated rings. The lowest BCUT2D eigenvalue weighted by Gasteiger charge is -2.09. The first-order valence-corrected chi connectivity index (χ1v) is 6.08. The minimum absolute atomic E-state index is 0.0550. The molecule has 0 aromatic rings. The Balaban J connectivity index is 3.27. The predicted molar refractivity (Wildman–Crippen MR) is 58.8 cm³/mol. The van der Waals surface area contributed by atoms with Crippen LogP contribution in [-0.2, 0) is 4.79 Å². The summed E-state index contributed by atoms with van der Waals surface area (Å²) in [6.45, 7) is 3.05. The second-order valence-corrected chi connectivity index (χ2v) is 4.11. The van der Waals surface area contributed by atoms with E-state index < -0.39 is 0 Å². The van der Waals surface area contributed by atoms with Crippen molar-refractivity contribution in [2.45, 2.75) is 19.8 Å². The third-order valence-corrected chi connectivity index (χ3v) is 2.57. The molecule has 0 radical (unpaired) electrons. The number of hydrogen-bond acceptors (Lipinski definition) is 3. The molecule has 1 amide bonds. The molecule has 13 heavy (non-hydrogen) atoms. The van der Waals surface area contributed by atoms with E-state index in [1.54, 1.807) is 0 Å². The third-order valence-electron chi connectivity index (χ3n) is 1.88. The van der Waals surface area contributed by atoms with Crippen molar-refractivity contribution in [3.63, 3.8) is 0 Å². The molecular formula is C9H20N2OS. The summed E-state index contributed by atoms with van der Waals surface area (Å²) in [5.41, 5.74) is 5.36. The fraction of sp³-hybridized carbons (Fsp3) is 0.889. The van der Waals surface area contributed by atoms with Crippen LogP contribution in [0.4, 0.5) is 0 Å². The molecule has 0 aliphatic heterocycles. The van der Waals surface area contributed by atoms with Gasteiger partial charge in [0.1, 0.15) is 0 Å². The minimum Gasteiger partial charge on any atom is -0.356 e. The van der Waals surface area contributed by atoms with Gasteiger partial charge in [-0.05, 0) is 24.9 Å². The molecule has 1 unspecified atom stereocenters. The molecule has 0 rings (SSSR count). The van der Waals surface area contributed by atoms with Gasteiger partial charge in [-0.1, -0.05) is 6.92 Å². The fourth-order valence-corrected chi connectivity index (χ4v) is 1.36. The van der Waals surface area contributed by atoms with Crippen LogP contribution in [-0.4, -0.2) is 31.0 Å². The van der Waals surface area contributed by atoms with E-state index in [0.29, 0.717) is 6.54 Å². The van der Waals surface area contributed by atoms with Crippen molar-refractivity contribution in [1.82, 2.24) is 5.32 Å². The van der Waals surface area contributed by atoms with E-state index in [4.69, 9.17) is 5.73 Å². The van der Waals surface area contributed by atoms with Gasteiger partial charge in [-0.25, -0.2) is 0 Å². The lowest BCUT2D eigenvalue weighted by molar-refractivity contribution is -0.124. The highest BCUT2D eigenvalue weighted by atomic mass is 32.2. The molecule has 0 heterocycles. The smallest absolute Gasteiger partial charge is 0.224 e. The molecule has 0 aromatic heterocycles. The van der Waals surface area contributed by atoms with Crippen molar-refractivity contribution >= 4 is 17.7 Å². The Bertz CT molecular complexity index is 142. The Kier molecular flexibility index (Phi) is 8.24. The van der Waals surface area contributed by atoms with Gasteiger partial charge in [0.05, 0.1) is 0 Å². The molecule has 0 aliphatic rings. The fourth-order valence-electron chi connectivity index (χ4n) is 0.864. The van der Waals surface area contributed by atoms with Crippen LogP contribution in [0, 0.1) is 5.92 Å². The molecule has 0 aromatic carbocycles. The van der Waals surface area contributed by atoms with Crippen LogP contribution in [0.1, 0.15) is 19.8 Å². The molecule has 0 saturated heterocycles. The maximum Gasteiger partial charge on any atom is 0.224 e. The quantitative estimate of drug-likeness (QED) is 0.604. The topological polar surface area (TPSA) is 55.1 Å². The molecule has 1 atom stereocenters.